The van der Waals surface area contributed by atoms with Gasteiger partial charge in [-0.25, -0.2) is 0 Å². The van der Waals surface area contributed by atoms with Gasteiger partial charge >= 0.3 is 0 Å². The minimum atomic E-state index is -0.894. The van der Waals surface area contributed by atoms with E-state index in [-0.39, 0.29) is 5.91 Å². The van der Waals surface area contributed by atoms with Crippen LogP contribution >= 0.6 is 0 Å². The van der Waals surface area contributed by atoms with E-state index in [4.69, 9.17) is 4.74 Å². The number of carbonyl (C=O) groups excluding carboxylic acids is 1. The van der Waals surface area contributed by atoms with Gasteiger partial charge < -0.3 is 10.1 Å². The molecule has 0 saturated heterocycles. The molecule has 4 heteroatoms. The summed E-state index contributed by atoms with van der Waals surface area (Å²) in [6, 6.07) is 9.90. The van der Waals surface area contributed by atoms with Gasteiger partial charge in [0.25, 0.3) is 0 Å². The first-order valence-electron chi connectivity index (χ1n) is 6.94. The number of methoxy groups -OCH3 is 1. The van der Waals surface area contributed by atoms with Crippen molar-refractivity contribution < 1.29 is 9.53 Å². The average Bonchev–Trinajstić information content (AvgIpc) is 2.50. The lowest BCUT2D eigenvalue weighted by molar-refractivity contribution is -0.128. The van der Waals surface area contributed by atoms with Crippen LogP contribution < -0.4 is 10.1 Å². The number of nitrogens with one attached hydrogen (secondary N) is 1. The molecule has 0 bridgehead atoms. The number of hydrogen-bond acceptors (Lipinski definition) is 3. The maximum Gasteiger partial charge on any atom is 0.240 e. The number of carbonyl (C=O) groups is 1. The van der Waals surface area contributed by atoms with Gasteiger partial charge in [0, 0.05) is 6.54 Å². The van der Waals surface area contributed by atoms with Crippen LogP contribution in [0.5, 0.6) is 5.75 Å². The van der Waals surface area contributed by atoms with Crippen molar-refractivity contribution in [3.05, 3.63) is 29.8 Å². The molecule has 0 fully saturated rings. The summed E-state index contributed by atoms with van der Waals surface area (Å²) in [5, 5.41) is 12.1. The van der Waals surface area contributed by atoms with Gasteiger partial charge in [-0.05, 0) is 37.0 Å². The molecule has 1 rings (SSSR count). The smallest absolute Gasteiger partial charge is 0.240 e. The highest BCUT2D eigenvalue weighted by molar-refractivity contribution is 5.85. The first kappa shape index (κ1) is 16.0. The maximum atomic E-state index is 12.1. The highest BCUT2D eigenvalue weighted by Crippen LogP contribution is 2.25. The summed E-state index contributed by atoms with van der Waals surface area (Å²) in [5.41, 5.74) is 0.203. The molecule has 1 N–H and O–H groups in total. The van der Waals surface area contributed by atoms with Crippen LogP contribution in [0.4, 0.5) is 0 Å². The molecule has 4 nitrogen and oxygen atoms in total. The zero-order valence-corrected chi connectivity index (χ0v) is 12.4. The van der Waals surface area contributed by atoms with Crippen LogP contribution in [0, 0.1) is 16.7 Å². The summed E-state index contributed by atoms with van der Waals surface area (Å²) >= 11 is 0. The Bertz CT molecular complexity index is 487. The summed E-state index contributed by atoms with van der Waals surface area (Å²) in [6.07, 6.45) is 1.79. The Morgan fingerprint density at radius 1 is 1.40 bits per heavy atom. The van der Waals surface area contributed by atoms with Crippen LogP contribution in [-0.4, -0.2) is 19.6 Å². The topological polar surface area (TPSA) is 62.1 Å². The molecular weight excluding hydrogens is 252 g/mol. The van der Waals surface area contributed by atoms with Crippen molar-refractivity contribution in [2.75, 3.05) is 13.7 Å². The van der Waals surface area contributed by atoms with Crippen molar-refractivity contribution >= 4 is 5.91 Å². The third kappa shape index (κ3) is 3.74. The van der Waals surface area contributed by atoms with Crippen molar-refractivity contribution in [1.82, 2.24) is 5.32 Å². The van der Waals surface area contributed by atoms with Gasteiger partial charge in [-0.1, -0.05) is 26.0 Å². The summed E-state index contributed by atoms with van der Waals surface area (Å²) in [4.78, 5) is 12.1. The van der Waals surface area contributed by atoms with Crippen molar-refractivity contribution in [3.63, 3.8) is 0 Å². The van der Waals surface area contributed by atoms with E-state index in [1.807, 2.05) is 38.1 Å². The second-order valence-electron chi connectivity index (χ2n) is 4.76. The van der Waals surface area contributed by atoms with Gasteiger partial charge in [-0.15, -0.1) is 0 Å². The SMILES string of the molecule is CCC(C#N)(CC)C(=O)NCCc1cccc(OC)c1. The number of nitriles is 1. The molecule has 1 aromatic rings. The van der Waals surface area contributed by atoms with E-state index in [2.05, 4.69) is 11.4 Å². The Kier molecular flexibility index (Phi) is 6.05. The summed E-state index contributed by atoms with van der Waals surface area (Å²) < 4.78 is 5.16. The van der Waals surface area contributed by atoms with E-state index in [0.29, 0.717) is 19.4 Å². The molecule has 108 valence electrons. The summed E-state index contributed by atoms with van der Waals surface area (Å²) in [5.74, 6) is 0.634. The maximum absolute atomic E-state index is 12.1. The van der Waals surface area contributed by atoms with Crippen molar-refractivity contribution in [1.29, 1.82) is 5.26 Å². The normalized spacial score (nSPS) is 10.7. The lowest BCUT2D eigenvalue weighted by Gasteiger charge is -2.22. The Balaban J connectivity index is 2.55. The van der Waals surface area contributed by atoms with E-state index in [1.165, 1.54) is 0 Å². The predicted octanol–water partition coefficient (Wildman–Crippen LogP) is 2.68. The Hall–Kier alpha value is -2.02. The zero-order chi connectivity index (χ0) is 15.0. The van der Waals surface area contributed by atoms with E-state index in [0.717, 1.165) is 17.7 Å². The number of benzene rings is 1. The van der Waals surface area contributed by atoms with E-state index < -0.39 is 5.41 Å². The second-order valence-corrected chi connectivity index (χ2v) is 4.76. The molecule has 0 aliphatic rings. The number of nitrogens with zero attached hydrogens (tertiary/aromatic N) is 1. The van der Waals surface area contributed by atoms with Crippen molar-refractivity contribution in [2.24, 2.45) is 5.41 Å². The van der Waals surface area contributed by atoms with Crippen molar-refractivity contribution in [2.45, 2.75) is 33.1 Å². The number of hydrogen-bond donors (Lipinski definition) is 1. The van der Waals surface area contributed by atoms with Crippen LogP contribution in [0.15, 0.2) is 24.3 Å². The quantitative estimate of drug-likeness (QED) is 0.831. The fraction of sp³-hybridized carbons (Fsp3) is 0.500. The lowest BCUT2D eigenvalue weighted by Crippen LogP contribution is -2.40. The van der Waals surface area contributed by atoms with Crippen molar-refractivity contribution in [3.8, 4) is 11.8 Å². The van der Waals surface area contributed by atoms with E-state index >= 15 is 0 Å². The first-order chi connectivity index (χ1) is 9.61. The summed E-state index contributed by atoms with van der Waals surface area (Å²) in [7, 11) is 1.63. The molecule has 0 radical (unpaired) electrons. The minimum Gasteiger partial charge on any atom is -0.497 e. The molecule has 0 aliphatic carbocycles. The van der Waals surface area contributed by atoms with Gasteiger partial charge in [-0.2, -0.15) is 5.26 Å². The Morgan fingerprint density at radius 2 is 2.10 bits per heavy atom. The van der Waals surface area contributed by atoms with Crippen LogP contribution in [-0.2, 0) is 11.2 Å². The standard InChI is InChI=1S/C16H22N2O2/c1-4-16(5-2,12-17)15(19)18-10-9-13-7-6-8-14(11-13)20-3/h6-8,11H,4-5,9-10H2,1-3H3,(H,18,19). The first-order valence-corrected chi connectivity index (χ1v) is 6.94. The molecule has 0 saturated carbocycles. The van der Waals surface area contributed by atoms with Gasteiger partial charge in [0.2, 0.25) is 5.91 Å². The molecular formula is C16H22N2O2. The third-order valence-electron chi connectivity index (χ3n) is 3.69. The molecule has 1 aromatic carbocycles. The monoisotopic (exact) mass is 274 g/mol. The highest BCUT2D eigenvalue weighted by Gasteiger charge is 2.34. The molecule has 0 atom stereocenters. The average molecular weight is 274 g/mol. The van der Waals surface area contributed by atoms with Gasteiger partial charge in [0.1, 0.15) is 11.2 Å². The summed E-state index contributed by atoms with van der Waals surface area (Å²) in [6.45, 7) is 4.26. The van der Waals surface area contributed by atoms with Gasteiger partial charge in [-0.3, -0.25) is 4.79 Å². The Labute approximate surface area is 120 Å². The van der Waals surface area contributed by atoms with Crippen LogP contribution in [0.2, 0.25) is 0 Å². The number of amides is 1. The minimum absolute atomic E-state index is 0.173. The molecule has 20 heavy (non-hydrogen) atoms. The molecule has 0 aromatic heterocycles. The van der Waals surface area contributed by atoms with Crippen LogP contribution in [0.3, 0.4) is 0 Å². The van der Waals surface area contributed by atoms with E-state index in [9.17, 15) is 10.1 Å². The second kappa shape index (κ2) is 7.54. The highest BCUT2D eigenvalue weighted by atomic mass is 16.5. The lowest BCUT2D eigenvalue weighted by atomic mass is 9.83. The van der Waals surface area contributed by atoms with Crippen LogP contribution in [0.1, 0.15) is 32.3 Å². The largest absolute Gasteiger partial charge is 0.497 e. The van der Waals surface area contributed by atoms with Crippen LogP contribution in [0.25, 0.3) is 0 Å². The number of rotatable bonds is 7. The molecule has 0 unspecified atom stereocenters. The number of ether oxygens (including phenoxy) is 1. The molecule has 0 aliphatic heterocycles. The fourth-order valence-corrected chi connectivity index (χ4v) is 2.10. The fourth-order valence-electron chi connectivity index (χ4n) is 2.10. The molecule has 0 spiro atoms. The molecule has 0 heterocycles. The van der Waals surface area contributed by atoms with E-state index in [1.54, 1.807) is 7.11 Å². The molecule has 1 amide bonds. The Morgan fingerprint density at radius 3 is 2.65 bits per heavy atom. The predicted molar refractivity (Wildman–Crippen MR) is 78.3 cm³/mol. The van der Waals surface area contributed by atoms with Gasteiger partial charge in [0.15, 0.2) is 0 Å². The zero-order valence-electron chi connectivity index (χ0n) is 12.4. The third-order valence-corrected chi connectivity index (χ3v) is 3.69. The van der Waals surface area contributed by atoms with Gasteiger partial charge in [0.05, 0.1) is 13.2 Å².